The average Bonchev–Trinajstić information content (AvgIpc) is 3.08. The molecule has 8 nitrogen and oxygen atoms in total. The van der Waals surface area contributed by atoms with Crippen molar-refractivity contribution >= 4 is 29.9 Å². The molecule has 1 aliphatic heterocycles. The molecular weight excluding hydrogens is 503 g/mol. The molecule has 0 saturated carbocycles. The van der Waals surface area contributed by atoms with Crippen LogP contribution in [0.3, 0.4) is 0 Å². The topological polar surface area (TPSA) is 84.9 Å². The third-order valence-corrected chi connectivity index (χ3v) is 5.91. The largest absolute Gasteiger partial charge is 0.357 e. The van der Waals surface area contributed by atoms with Gasteiger partial charge >= 0.3 is 0 Å². The second kappa shape index (κ2) is 12.4. The Morgan fingerprint density at radius 3 is 2.71 bits per heavy atom. The Labute approximate surface area is 203 Å². The zero-order valence-corrected chi connectivity index (χ0v) is 22.1. The van der Waals surface area contributed by atoms with E-state index in [1.807, 2.05) is 11.7 Å². The van der Waals surface area contributed by atoms with Crippen LogP contribution in [0.15, 0.2) is 4.99 Å². The maximum absolute atomic E-state index is 4.79. The van der Waals surface area contributed by atoms with E-state index in [1.165, 1.54) is 30.5 Å². The molecule has 0 amide bonds. The highest BCUT2D eigenvalue weighted by molar-refractivity contribution is 14.0. The first kappa shape index (κ1) is 25.6. The van der Waals surface area contributed by atoms with Gasteiger partial charge in [0.05, 0.1) is 5.69 Å². The second-order valence-corrected chi connectivity index (χ2v) is 8.38. The highest BCUT2D eigenvalue weighted by Crippen LogP contribution is 2.16. The lowest BCUT2D eigenvalue weighted by molar-refractivity contribution is 0.596. The lowest BCUT2D eigenvalue weighted by Crippen LogP contribution is -2.43. The van der Waals surface area contributed by atoms with Gasteiger partial charge in [0, 0.05) is 51.3 Å². The van der Waals surface area contributed by atoms with Gasteiger partial charge in [-0.15, -0.1) is 34.2 Å². The van der Waals surface area contributed by atoms with Gasteiger partial charge in [-0.3, -0.25) is 9.67 Å². The van der Waals surface area contributed by atoms with Gasteiger partial charge in [-0.25, -0.2) is 0 Å². The summed E-state index contributed by atoms with van der Waals surface area (Å²) in [5.74, 6) is 3.16. The van der Waals surface area contributed by atoms with E-state index in [2.05, 4.69) is 58.2 Å². The molecule has 9 heteroatoms. The minimum absolute atomic E-state index is 0. The molecule has 3 heterocycles. The molecule has 3 rings (SSSR count). The number of rotatable bonds is 8. The number of aryl methyl sites for hydroxylation is 4. The van der Waals surface area contributed by atoms with Crippen LogP contribution in [0.1, 0.15) is 68.1 Å². The summed E-state index contributed by atoms with van der Waals surface area (Å²) in [4.78, 5) is 4.79. The fourth-order valence-corrected chi connectivity index (χ4v) is 4.18. The molecule has 0 bridgehead atoms. The van der Waals surface area contributed by atoms with E-state index in [9.17, 15) is 0 Å². The van der Waals surface area contributed by atoms with Gasteiger partial charge in [-0.1, -0.05) is 6.42 Å². The number of hydrogen-bond acceptors (Lipinski definition) is 4. The van der Waals surface area contributed by atoms with E-state index >= 15 is 0 Å². The molecule has 1 atom stereocenters. The summed E-state index contributed by atoms with van der Waals surface area (Å²) >= 11 is 0. The third-order valence-electron chi connectivity index (χ3n) is 5.91. The van der Waals surface area contributed by atoms with Crippen LogP contribution in [0.5, 0.6) is 0 Å². The maximum atomic E-state index is 4.79. The van der Waals surface area contributed by atoms with Crippen molar-refractivity contribution < 1.29 is 0 Å². The van der Waals surface area contributed by atoms with Crippen molar-refractivity contribution in [2.45, 2.75) is 85.2 Å². The summed E-state index contributed by atoms with van der Waals surface area (Å²) in [6.07, 6.45) is 7.66. The van der Waals surface area contributed by atoms with Crippen LogP contribution in [-0.4, -0.2) is 49.6 Å². The average molecular weight is 543 g/mol. The molecule has 2 aromatic rings. The molecule has 0 aliphatic carbocycles. The van der Waals surface area contributed by atoms with Crippen LogP contribution in [0.2, 0.25) is 0 Å². The summed E-state index contributed by atoms with van der Waals surface area (Å²) in [7, 11) is 2.00. The van der Waals surface area contributed by atoms with Crippen molar-refractivity contribution in [3.63, 3.8) is 0 Å². The lowest BCUT2D eigenvalue weighted by Gasteiger charge is -2.18. The Bertz CT molecular complexity index is 854. The van der Waals surface area contributed by atoms with Gasteiger partial charge in [0.15, 0.2) is 5.96 Å². The van der Waals surface area contributed by atoms with E-state index in [0.29, 0.717) is 0 Å². The number of aliphatic imine (C=N–C) groups is 1. The molecule has 1 aliphatic rings. The standard InChI is InChI=1S/C22H38N8.HI/c1-6-23-22(25-16(2)15-19-17(3)28-29(5)18(19)4)24-13-10-12-21-27-26-20-11-8-7-9-14-30(20)21;/h16H,6-15H2,1-5H3,(H2,23,24,25);1H. The summed E-state index contributed by atoms with van der Waals surface area (Å²) in [6, 6.07) is 0.275. The Hall–Kier alpha value is -1.65. The SMILES string of the molecule is CCNC(=NCCCc1nnc2n1CCCCC2)NC(C)Cc1c(C)nn(C)c1C.I. The van der Waals surface area contributed by atoms with Crippen molar-refractivity contribution in [3.05, 3.63) is 28.6 Å². The lowest BCUT2D eigenvalue weighted by atomic mass is 10.1. The summed E-state index contributed by atoms with van der Waals surface area (Å²) in [5, 5.41) is 20.3. The summed E-state index contributed by atoms with van der Waals surface area (Å²) in [5.41, 5.74) is 3.66. The van der Waals surface area contributed by atoms with Crippen LogP contribution in [0, 0.1) is 13.8 Å². The molecule has 0 radical (unpaired) electrons. The molecular formula is C22H39IN8. The van der Waals surface area contributed by atoms with Gasteiger partial charge in [0.1, 0.15) is 11.6 Å². The molecule has 2 aromatic heterocycles. The highest BCUT2D eigenvalue weighted by atomic mass is 127. The summed E-state index contributed by atoms with van der Waals surface area (Å²) in [6.45, 7) is 11.2. The van der Waals surface area contributed by atoms with E-state index < -0.39 is 0 Å². The van der Waals surface area contributed by atoms with Gasteiger partial charge in [-0.05, 0) is 58.9 Å². The van der Waals surface area contributed by atoms with Crippen molar-refractivity contribution in [1.29, 1.82) is 0 Å². The number of fused-ring (bicyclic) bond motifs is 1. The molecule has 0 fully saturated rings. The van der Waals surface area contributed by atoms with Gasteiger partial charge in [-0.2, -0.15) is 5.10 Å². The minimum atomic E-state index is 0. The smallest absolute Gasteiger partial charge is 0.191 e. The van der Waals surface area contributed by atoms with Crippen molar-refractivity contribution in [3.8, 4) is 0 Å². The first-order valence-electron chi connectivity index (χ1n) is 11.4. The number of aromatic nitrogens is 5. The summed E-state index contributed by atoms with van der Waals surface area (Å²) < 4.78 is 4.29. The van der Waals surface area contributed by atoms with Crippen molar-refractivity contribution in [2.24, 2.45) is 12.0 Å². The van der Waals surface area contributed by atoms with Gasteiger partial charge in [0.25, 0.3) is 0 Å². The van der Waals surface area contributed by atoms with E-state index in [1.54, 1.807) is 0 Å². The monoisotopic (exact) mass is 542 g/mol. The van der Waals surface area contributed by atoms with Crippen LogP contribution < -0.4 is 10.6 Å². The van der Waals surface area contributed by atoms with Gasteiger partial charge < -0.3 is 15.2 Å². The van der Waals surface area contributed by atoms with Crippen LogP contribution in [0.4, 0.5) is 0 Å². The Kier molecular flexibility index (Phi) is 10.2. The molecule has 0 aromatic carbocycles. The van der Waals surface area contributed by atoms with E-state index in [4.69, 9.17) is 4.99 Å². The third kappa shape index (κ3) is 6.92. The van der Waals surface area contributed by atoms with E-state index in [0.717, 1.165) is 68.6 Å². The van der Waals surface area contributed by atoms with Crippen LogP contribution in [0.25, 0.3) is 0 Å². The fourth-order valence-electron chi connectivity index (χ4n) is 4.18. The molecule has 174 valence electrons. The zero-order chi connectivity index (χ0) is 21.5. The van der Waals surface area contributed by atoms with Gasteiger partial charge in [0.2, 0.25) is 0 Å². The normalized spacial score (nSPS) is 15.1. The Morgan fingerprint density at radius 1 is 1.19 bits per heavy atom. The van der Waals surface area contributed by atoms with Crippen LogP contribution >= 0.6 is 24.0 Å². The van der Waals surface area contributed by atoms with Crippen molar-refractivity contribution in [1.82, 2.24) is 35.2 Å². The second-order valence-electron chi connectivity index (χ2n) is 8.38. The Balaban J connectivity index is 0.00000341. The first-order valence-corrected chi connectivity index (χ1v) is 11.4. The maximum Gasteiger partial charge on any atom is 0.191 e. The minimum Gasteiger partial charge on any atom is -0.357 e. The fraction of sp³-hybridized carbons (Fsp3) is 0.727. The number of halogens is 1. The molecule has 0 spiro atoms. The number of hydrogen-bond donors (Lipinski definition) is 2. The predicted octanol–water partition coefficient (Wildman–Crippen LogP) is 3.09. The van der Waals surface area contributed by atoms with Crippen LogP contribution in [-0.2, 0) is 32.9 Å². The first-order chi connectivity index (χ1) is 14.5. The molecule has 2 N–H and O–H groups in total. The molecule has 1 unspecified atom stereocenters. The van der Waals surface area contributed by atoms with E-state index in [-0.39, 0.29) is 30.0 Å². The van der Waals surface area contributed by atoms with Crippen molar-refractivity contribution in [2.75, 3.05) is 13.1 Å². The number of guanidine groups is 1. The number of nitrogens with zero attached hydrogens (tertiary/aromatic N) is 6. The number of nitrogens with one attached hydrogen (secondary N) is 2. The quantitative estimate of drug-likeness (QED) is 0.232. The zero-order valence-electron chi connectivity index (χ0n) is 19.7. The highest BCUT2D eigenvalue weighted by Gasteiger charge is 2.15. The molecule has 0 saturated heterocycles. The predicted molar refractivity (Wildman–Crippen MR) is 136 cm³/mol. The Morgan fingerprint density at radius 2 is 2.00 bits per heavy atom. The molecule has 31 heavy (non-hydrogen) atoms.